The summed E-state index contributed by atoms with van der Waals surface area (Å²) in [6, 6.07) is 3.85. The molecule has 1 N–H and O–H groups in total. The van der Waals surface area contributed by atoms with E-state index < -0.39 is 0 Å². The van der Waals surface area contributed by atoms with E-state index in [0.29, 0.717) is 37.3 Å². The van der Waals surface area contributed by atoms with Gasteiger partial charge in [-0.1, -0.05) is 12.8 Å². The molecule has 0 radical (unpaired) electrons. The molecular weight excluding hydrogens is 384 g/mol. The van der Waals surface area contributed by atoms with E-state index in [1.54, 1.807) is 32.7 Å². The third-order valence-corrected chi connectivity index (χ3v) is 6.30. The molecule has 3 heterocycles. The van der Waals surface area contributed by atoms with E-state index in [9.17, 15) is 14.4 Å². The Morgan fingerprint density at radius 2 is 1.70 bits per heavy atom. The van der Waals surface area contributed by atoms with E-state index in [0.717, 1.165) is 25.7 Å². The Hall–Kier alpha value is -2.97. The minimum absolute atomic E-state index is 0.0498. The summed E-state index contributed by atoms with van der Waals surface area (Å²) in [5.74, 6) is -0.365. The summed E-state index contributed by atoms with van der Waals surface area (Å²) in [4.78, 5) is 50.7. The molecule has 3 fully saturated rings. The molecule has 0 spiro atoms. The minimum atomic E-state index is -0.366. The van der Waals surface area contributed by atoms with Crippen molar-refractivity contribution in [1.29, 1.82) is 0 Å². The van der Waals surface area contributed by atoms with Gasteiger partial charge in [0.1, 0.15) is 5.52 Å². The number of piperazine rings is 1. The number of aromatic nitrogens is 3. The first-order valence-electron chi connectivity index (χ1n) is 10.8. The van der Waals surface area contributed by atoms with Gasteiger partial charge in [0.15, 0.2) is 11.3 Å². The molecule has 1 aliphatic heterocycles. The number of hydrogen-bond donors (Lipinski definition) is 1. The summed E-state index contributed by atoms with van der Waals surface area (Å²) in [7, 11) is 0. The number of urea groups is 1. The van der Waals surface area contributed by atoms with Crippen LogP contribution in [0, 0.1) is 0 Å². The van der Waals surface area contributed by atoms with Crippen LogP contribution in [0.1, 0.15) is 55.1 Å². The molecule has 2 aromatic heterocycles. The predicted molar refractivity (Wildman–Crippen MR) is 110 cm³/mol. The van der Waals surface area contributed by atoms with Crippen molar-refractivity contribution in [2.45, 2.75) is 50.6 Å². The molecule has 0 atom stereocenters. The minimum Gasteiger partial charge on any atom is -0.335 e. The number of amides is 3. The quantitative estimate of drug-likeness (QED) is 0.827. The molecule has 3 aliphatic rings. The lowest BCUT2D eigenvalue weighted by Crippen LogP contribution is -2.55. The SMILES string of the molecule is O=C(NC1CCCC1)N1CCN(C(=O)c2nc3cccnc3n(C3CC3)c2=O)CC1. The van der Waals surface area contributed by atoms with Crippen LogP contribution in [-0.4, -0.2) is 68.5 Å². The second kappa shape index (κ2) is 7.70. The van der Waals surface area contributed by atoms with E-state index in [-0.39, 0.29) is 35.3 Å². The van der Waals surface area contributed by atoms with Gasteiger partial charge in [0.25, 0.3) is 11.5 Å². The van der Waals surface area contributed by atoms with Gasteiger partial charge in [0.05, 0.1) is 0 Å². The van der Waals surface area contributed by atoms with E-state index in [4.69, 9.17) is 0 Å². The van der Waals surface area contributed by atoms with Crippen molar-refractivity contribution in [3.8, 4) is 0 Å². The third-order valence-electron chi connectivity index (χ3n) is 6.30. The Morgan fingerprint density at radius 3 is 2.40 bits per heavy atom. The van der Waals surface area contributed by atoms with Crippen LogP contribution in [0.15, 0.2) is 23.1 Å². The molecule has 30 heavy (non-hydrogen) atoms. The topological polar surface area (TPSA) is 100 Å². The summed E-state index contributed by atoms with van der Waals surface area (Å²) in [6.45, 7) is 1.70. The molecule has 9 nitrogen and oxygen atoms in total. The van der Waals surface area contributed by atoms with Gasteiger partial charge in [-0.3, -0.25) is 14.2 Å². The fraction of sp³-hybridized carbons (Fsp3) is 0.571. The van der Waals surface area contributed by atoms with Gasteiger partial charge >= 0.3 is 6.03 Å². The van der Waals surface area contributed by atoms with Gasteiger partial charge in [-0.05, 0) is 37.8 Å². The Bertz CT molecular complexity index is 1030. The molecular formula is C21H26N6O3. The van der Waals surface area contributed by atoms with Crippen LogP contribution >= 0.6 is 0 Å². The highest BCUT2D eigenvalue weighted by Gasteiger charge is 2.32. The zero-order chi connectivity index (χ0) is 20.7. The zero-order valence-corrected chi connectivity index (χ0v) is 16.9. The lowest BCUT2D eigenvalue weighted by molar-refractivity contribution is 0.0655. The lowest BCUT2D eigenvalue weighted by Gasteiger charge is -2.35. The molecule has 2 aliphatic carbocycles. The number of carbonyl (C=O) groups excluding carboxylic acids is 2. The van der Waals surface area contributed by atoms with Crippen molar-refractivity contribution in [3.63, 3.8) is 0 Å². The molecule has 1 saturated heterocycles. The molecule has 2 aromatic rings. The Kier molecular flexibility index (Phi) is 4.88. The summed E-state index contributed by atoms with van der Waals surface area (Å²) in [5, 5.41) is 3.09. The van der Waals surface area contributed by atoms with Crippen LogP contribution in [0.5, 0.6) is 0 Å². The van der Waals surface area contributed by atoms with Crippen LogP contribution in [0.3, 0.4) is 0 Å². The number of hydrogen-bond acceptors (Lipinski definition) is 5. The first-order valence-corrected chi connectivity index (χ1v) is 10.8. The summed E-state index contributed by atoms with van der Waals surface area (Å²) >= 11 is 0. The van der Waals surface area contributed by atoms with E-state index in [1.807, 2.05) is 0 Å². The van der Waals surface area contributed by atoms with Gasteiger partial charge in [0, 0.05) is 44.5 Å². The first-order chi connectivity index (χ1) is 14.6. The van der Waals surface area contributed by atoms with Crippen LogP contribution in [-0.2, 0) is 0 Å². The van der Waals surface area contributed by atoms with Crippen molar-refractivity contribution in [1.82, 2.24) is 29.7 Å². The molecule has 158 valence electrons. The lowest BCUT2D eigenvalue weighted by atomic mass is 10.2. The number of carbonyl (C=O) groups is 2. The fourth-order valence-corrected chi connectivity index (χ4v) is 4.45. The standard InChI is InChI=1S/C21H26N6O3/c28-19(25-10-12-26(13-11-25)21(30)23-14-4-1-2-5-14)17-20(29)27(15-7-8-15)18-16(24-17)6-3-9-22-18/h3,6,9,14-15H,1-2,4-5,7-8,10-13H2,(H,23,30). The Balaban J connectivity index is 1.31. The van der Waals surface area contributed by atoms with E-state index >= 15 is 0 Å². The molecule has 0 bridgehead atoms. The molecule has 5 rings (SSSR count). The van der Waals surface area contributed by atoms with Gasteiger partial charge in [-0.25, -0.2) is 14.8 Å². The van der Waals surface area contributed by atoms with Gasteiger partial charge < -0.3 is 15.1 Å². The number of fused-ring (bicyclic) bond motifs is 1. The smallest absolute Gasteiger partial charge is 0.317 e. The average molecular weight is 410 g/mol. The highest BCUT2D eigenvalue weighted by atomic mass is 16.2. The average Bonchev–Trinajstić information content (AvgIpc) is 3.48. The summed E-state index contributed by atoms with van der Waals surface area (Å²) in [5.41, 5.74) is 0.679. The van der Waals surface area contributed by atoms with Crippen molar-refractivity contribution < 1.29 is 9.59 Å². The maximum absolute atomic E-state index is 13.1. The molecule has 2 saturated carbocycles. The summed E-state index contributed by atoms with van der Waals surface area (Å²) < 4.78 is 1.63. The molecule has 0 aromatic carbocycles. The van der Waals surface area contributed by atoms with E-state index in [2.05, 4.69) is 15.3 Å². The van der Waals surface area contributed by atoms with Crippen LogP contribution in [0.25, 0.3) is 11.2 Å². The van der Waals surface area contributed by atoms with Crippen molar-refractivity contribution in [2.75, 3.05) is 26.2 Å². The highest BCUT2D eigenvalue weighted by Crippen LogP contribution is 2.35. The third kappa shape index (κ3) is 3.53. The van der Waals surface area contributed by atoms with Crippen molar-refractivity contribution in [2.24, 2.45) is 0 Å². The number of nitrogens with one attached hydrogen (secondary N) is 1. The van der Waals surface area contributed by atoms with Gasteiger partial charge in [-0.15, -0.1) is 0 Å². The second-order valence-electron chi connectivity index (χ2n) is 8.42. The van der Waals surface area contributed by atoms with Gasteiger partial charge in [0.2, 0.25) is 0 Å². The fourth-order valence-electron chi connectivity index (χ4n) is 4.45. The monoisotopic (exact) mass is 410 g/mol. The predicted octanol–water partition coefficient (Wildman–Crippen LogP) is 1.54. The van der Waals surface area contributed by atoms with Crippen molar-refractivity contribution >= 4 is 23.1 Å². The summed E-state index contributed by atoms with van der Waals surface area (Å²) in [6.07, 6.45) is 7.88. The van der Waals surface area contributed by atoms with Crippen molar-refractivity contribution in [3.05, 3.63) is 34.4 Å². The number of nitrogens with zero attached hydrogens (tertiary/aromatic N) is 5. The van der Waals surface area contributed by atoms with Gasteiger partial charge in [-0.2, -0.15) is 0 Å². The Labute approximate surface area is 174 Å². The maximum Gasteiger partial charge on any atom is 0.317 e. The maximum atomic E-state index is 13.1. The van der Waals surface area contributed by atoms with Crippen LogP contribution in [0.4, 0.5) is 4.79 Å². The first kappa shape index (κ1) is 19.0. The number of rotatable bonds is 3. The highest BCUT2D eigenvalue weighted by molar-refractivity contribution is 5.93. The largest absolute Gasteiger partial charge is 0.335 e. The zero-order valence-electron chi connectivity index (χ0n) is 16.9. The number of pyridine rings is 1. The van der Waals surface area contributed by atoms with E-state index in [1.165, 1.54) is 12.8 Å². The molecule has 9 heteroatoms. The second-order valence-corrected chi connectivity index (χ2v) is 8.42. The van der Waals surface area contributed by atoms with Crippen LogP contribution < -0.4 is 10.9 Å². The normalized spacial score (nSPS) is 20.0. The molecule has 3 amide bonds. The Morgan fingerprint density at radius 1 is 1.00 bits per heavy atom. The molecule has 0 unspecified atom stereocenters. The van der Waals surface area contributed by atoms with Crippen LogP contribution in [0.2, 0.25) is 0 Å².